The Bertz CT molecular complexity index is 777. The smallest absolute Gasteiger partial charge is 0.283 e. The molecule has 124 valence electrons. The number of hydrogen-bond donors (Lipinski definition) is 2. The maximum atomic E-state index is 12.1. The molecule has 0 fully saturated rings. The predicted molar refractivity (Wildman–Crippen MR) is 88.4 cm³/mol. The van der Waals surface area contributed by atoms with Crippen molar-refractivity contribution < 1.29 is 19.1 Å². The molecule has 0 radical (unpaired) electrons. The molecule has 2 aromatic carbocycles. The number of benzene rings is 2. The lowest BCUT2D eigenvalue weighted by atomic mass is 10.2. The van der Waals surface area contributed by atoms with E-state index in [0.29, 0.717) is 21.5 Å². The Hall–Kier alpha value is -2.44. The molecule has 1 unspecified atom stereocenters. The van der Waals surface area contributed by atoms with Gasteiger partial charge in [0.15, 0.2) is 11.5 Å². The Labute approximate surface area is 147 Å². The minimum Gasteiger partial charge on any atom is -0.485 e. The van der Waals surface area contributed by atoms with E-state index in [1.165, 1.54) is 18.2 Å². The van der Waals surface area contributed by atoms with Crippen LogP contribution in [0.3, 0.4) is 0 Å². The highest BCUT2D eigenvalue weighted by atomic mass is 35.5. The van der Waals surface area contributed by atoms with Crippen molar-refractivity contribution >= 4 is 35.0 Å². The van der Waals surface area contributed by atoms with Crippen molar-refractivity contribution in [3.8, 4) is 11.5 Å². The summed E-state index contributed by atoms with van der Waals surface area (Å²) in [6.07, 6.45) is -0.872. The molecule has 2 aromatic rings. The molecule has 0 aliphatic carbocycles. The molecule has 24 heavy (non-hydrogen) atoms. The van der Waals surface area contributed by atoms with E-state index in [9.17, 15) is 9.59 Å². The highest BCUT2D eigenvalue weighted by molar-refractivity contribution is 6.35. The quantitative estimate of drug-likeness (QED) is 0.800. The molecule has 1 heterocycles. The number of carbonyl (C=O) groups excluding carboxylic acids is 2. The first-order valence-corrected chi connectivity index (χ1v) is 7.73. The van der Waals surface area contributed by atoms with Crippen LogP contribution in [-0.4, -0.2) is 24.5 Å². The second-order valence-corrected chi connectivity index (χ2v) is 5.84. The molecule has 0 bridgehead atoms. The van der Waals surface area contributed by atoms with Gasteiger partial charge in [-0.1, -0.05) is 35.3 Å². The average Bonchev–Trinajstić information content (AvgIpc) is 2.58. The summed E-state index contributed by atoms with van der Waals surface area (Å²) in [5.41, 5.74) is 4.80. The Morgan fingerprint density at radius 2 is 1.67 bits per heavy atom. The molecule has 8 heteroatoms. The Kier molecular flexibility index (Phi) is 4.78. The number of halogens is 2. The van der Waals surface area contributed by atoms with Gasteiger partial charge in [-0.2, -0.15) is 0 Å². The van der Waals surface area contributed by atoms with E-state index in [4.69, 9.17) is 32.7 Å². The van der Waals surface area contributed by atoms with E-state index in [2.05, 4.69) is 10.9 Å². The number of amides is 2. The number of hydrazine groups is 1. The van der Waals surface area contributed by atoms with E-state index >= 15 is 0 Å². The molecule has 1 aliphatic rings. The number of fused-ring (bicyclic) bond motifs is 1. The van der Waals surface area contributed by atoms with E-state index in [1.807, 2.05) is 0 Å². The van der Waals surface area contributed by atoms with Crippen LogP contribution < -0.4 is 20.3 Å². The third-order valence-corrected chi connectivity index (χ3v) is 3.66. The number of nitrogens with one attached hydrogen (secondary N) is 2. The van der Waals surface area contributed by atoms with Crippen molar-refractivity contribution in [1.82, 2.24) is 10.9 Å². The zero-order valence-corrected chi connectivity index (χ0v) is 13.7. The largest absolute Gasteiger partial charge is 0.485 e. The molecular weight excluding hydrogens is 355 g/mol. The number of rotatable bonds is 2. The second kappa shape index (κ2) is 6.98. The Balaban J connectivity index is 1.59. The summed E-state index contributed by atoms with van der Waals surface area (Å²) in [7, 11) is 0. The number of para-hydroxylation sites is 2. The van der Waals surface area contributed by atoms with Crippen LogP contribution in [0.4, 0.5) is 0 Å². The lowest BCUT2D eigenvalue weighted by Gasteiger charge is -2.25. The monoisotopic (exact) mass is 366 g/mol. The summed E-state index contributed by atoms with van der Waals surface area (Å²) < 4.78 is 11.0. The molecule has 6 nitrogen and oxygen atoms in total. The first kappa shape index (κ1) is 16.4. The Morgan fingerprint density at radius 1 is 1.00 bits per heavy atom. The zero-order chi connectivity index (χ0) is 17.1. The van der Waals surface area contributed by atoms with Crippen LogP contribution in [0.1, 0.15) is 10.4 Å². The van der Waals surface area contributed by atoms with Crippen LogP contribution in [0.15, 0.2) is 42.5 Å². The van der Waals surface area contributed by atoms with E-state index < -0.39 is 17.9 Å². The first-order valence-electron chi connectivity index (χ1n) is 6.98. The third-order valence-electron chi connectivity index (χ3n) is 3.23. The van der Waals surface area contributed by atoms with Crippen LogP contribution in [0.2, 0.25) is 10.0 Å². The van der Waals surface area contributed by atoms with Crippen molar-refractivity contribution in [2.24, 2.45) is 0 Å². The number of ether oxygens (including phenoxy) is 2. The van der Waals surface area contributed by atoms with E-state index in [0.717, 1.165) is 0 Å². The van der Waals surface area contributed by atoms with Gasteiger partial charge in [0.1, 0.15) is 6.61 Å². The van der Waals surface area contributed by atoms with Crippen LogP contribution in [0, 0.1) is 0 Å². The van der Waals surface area contributed by atoms with Crippen LogP contribution >= 0.6 is 23.2 Å². The molecule has 0 saturated heterocycles. The molecular formula is C16H12Cl2N2O4. The second-order valence-electron chi connectivity index (χ2n) is 4.97. The van der Waals surface area contributed by atoms with E-state index in [1.54, 1.807) is 24.3 Å². The highest BCUT2D eigenvalue weighted by Crippen LogP contribution is 2.30. The van der Waals surface area contributed by atoms with Gasteiger partial charge in [0.05, 0.1) is 0 Å². The van der Waals surface area contributed by atoms with Gasteiger partial charge in [0.2, 0.25) is 6.10 Å². The maximum Gasteiger partial charge on any atom is 0.283 e. The van der Waals surface area contributed by atoms with Gasteiger partial charge < -0.3 is 9.47 Å². The summed E-state index contributed by atoms with van der Waals surface area (Å²) in [5.74, 6) is -0.0492. The highest BCUT2D eigenvalue weighted by Gasteiger charge is 2.27. The third kappa shape index (κ3) is 3.72. The fraction of sp³-hybridized carbons (Fsp3) is 0.125. The summed E-state index contributed by atoms with van der Waals surface area (Å²) in [5, 5.41) is 0.638. The average molecular weight is 367 g/mol. The fourth-order valence-corrected chi connectivity index (χ4v) is 2.63. The molecule has 0 aromatic heterocycles. The predicted octanol–water partition coefficient (Wildman–Crippen LogP) is 2.59. The molecule has 3 rings (SSSR count). The molecule has 2 N–H and O–H groups in total. The molecule has 1 aliphatic heterocycles. The molecule has 2 amide bonds. The maximum absolute atomic E-state index is 12.1. The summed E-state index contributed by atoms with van der Waals surface area (Å²) in [4.78, 5) is 24.1. The minimum atomic E-state index is -0.872. The first-order chi connectivity index (χ1) is 11.5. The van der Waals surface area contributed by atoms with Gasteiger partial charge in [-0.15, -0.1) is 0 Å². The number of carbonyl (C=O) groups is 2. The molecule has 1 atom stereocenters. The van der Waals surface area contributed by atoms with Gasteiger partial charge in [-0.25, -0.2) is 0 Å². The van der Waals surface area contributed by atoms with Crippen molar-refractivity contribution in [2.75, 3.05) is 6.61 Å². The lowest BCUT2D eigenvalue weighted by molar-refractivity contribution is -0.131. The summed E-state index contributed by atoms with van der Waals surface area (Å²) in [6.45, 7) is 0.0434. The fourth-order valence-electron chi connectivity index (χ4n) is 2.10. The van der Waals surface area contributed by atoms with Crippen LogP contribution in [0.25, 0.3) is 0 Å². The zero-order valence-electron chi connectivity index (χ0n) is 12.2. The SMILES string of the molecule is O=C(NNC(=O)C1COc2ccccc2O1)c1cc(Cl)cc(Cl)c1. The van der Waals surface area contributed by atoms with Gasteiger partial charge >= 0.3 is 0 Å². The summed E-state index contributed by atoms with van der Waals surface area (Å²) >= 11 is 11.7. The van der Waals surface area contributed by atoms with Gasteiger partial charge in [-0.3, -0.25) is 20.4 Å². The van der Waals surface area contributed by atoms with Crippen molar-refractivity contribution in [2.45, 2.75) is 6.10 Å². The standard InChI is InChI=1S/C16H12Cl2N2O4/c17-10-5-9(6-11(18)7-10)15(21)19-20-16(22)14-8-23-12-3-1-2-4-13(12)24-14/h1-7,14H,8H2,(H,19,21)(H,20,22). The molecule has 0 saturated carbocycles. The normalized spacial score (nSPS) is 15.5. The van der Waals surface area contributed by atoms with E-state index in [-0.39, 0.29) is 12.2 Å². The lowest BCUT2D eigenvalue weighted by Crippen LogP contribution is -2.50. The Morgan fingerprint density at radius 3 is 2.38 bits per heavy atom. The molecule has 0 spiro atoms. The number of hydrogen-bond acceptors (Lipinski definition) is 4. The minimum absolute atomic E-state index is 0.0434. The van der Waals surface area contributed by atoms with Crippen molar-refractivity contribution in [3.05, 3.63) is 58.1 Å². The topological polar surface area (TPSA) is 76.7 Å². The van der Waals surface area contributed by atoms with Crippen molar-refractivity contribution in [1.29, 1.82) is 0 Å². The van der Waals surface area contributed by atoms with Crippen molar-refractivity contribution in [3.63, 3.8) is 0 Å². The van der Waals surface area contributed by atoms with Gasteiger partial charge in [-0.05, 0) is 30.3 Å². The summed E-state index contributed by atoms with van der Waals surface area (Å²) in [6, 6.07) is 11.4. The van der Waals surface area contributed by atoms with Crippen LogP contribution in [-0.2, 0) is 4.79 Å². The van der Waals surface area contributed by atoms with Crippen LogP contribution in [0.5, 0.6) is 11.5 Å². The van der Waals surface area contributed by atoms with Gasteiger partial charge in [0, 0.05) is 15.6 Å². The van der Waals surface area contributed by atoms with Gasteiger partial charge in [0.25, 0.3) is 11.8 Å².